The van der Waals surface area contributed by atoms with Crippen molar-refractivity contribution in [1.82, 2.24) is 0 Å². The Morgan fingerprint density at radius 3 is 2.56 bits per heavy atom. The van der Waals surface area contributed by atoms with Gasteiger partial charge in [0, 0.05) is 0 Å². The summed E-state index contributed by atoms with van der Waals surface area (Å²) < 4.78 is 6.50. The van der Waals surface area contributed by atoms with Gasteiger partial charge in [-0.15, -0.1) is 0 Å². The third-order valence-electron chi connectivity index (χ3n) is 2.78. The second-order valence-electron chi connectivity index (χ2n) is 4.50. The summed E-state index contributed by atoms with van der Waals surface area (Å²) in [5.74, 6) is 0.898. The minimum Gasteiger partial charge on any atom is -0.493 e. The zero-order valence-electron chi connectivity index (χ0n) is 10.2. The first-order valence-electron chi connectivity index (χ1n) is 5.64. The van der Waals surface area contributed by atoms with Gasteiger partial charge in [0.2, 0.25) is 0 Å². The van der Waals surface area contributed by atoms with Crippen molar-refractivity contribution in [2.45, 2.75) is 32.6 Å². The highest BCUT2D eigenvalue weighted by Crippen LogP contribution is 2.33. The second-order valence-corrected chi connectivity index (χ2v) is 5.36. The molecule has 0 saturated heterocycles. The minimum absolute atomic E-state index is 0.113. The molecule has 0 fully saturated rings. The molecule has 0 atom stereocenters. The molecule has 3 heteroatoms. The van der Waals surface area contributed by atoms with Crippen LogP contribution in [0.5, 0.6) is 5.75 Å². The normalized spacial score (nSPS) is 11.6. The Bertz CT molecular complexity index is 350. The molecule has 0 amide bonds. The summed E-state index contributed by atoms with van der Waals surface area (Å²) in [5.41, 5.74) is 7.03. The Balaban J connectivity index is 2.96. The first kappa shape index (κ1) is 13.5. The van der Waals surface area contributed by atoms with E-state index in [4.69, 9.17) is 10.5 Å². The quantitative estimate of drug-likeness (QED) is 0.899. The van der Waals surface area contributed by atoms with Crippen molar-refractivity contribution in [3.05, 3.63) is 28.2 Å². The second kappa shape index (κ2) is 5.69. The summed E-state index contributed by atoms with van der Waals surface area (Å²) >= 11 is 3.54. The molecule has 2 N–H and O–H groups in total. The zero-order valence-corrected chi connectivity index (χ0v) is 11.8. The lowest BCUT2D eigenvalue weighted by Gasteiger charge is -2.25. The van der Waals surface area contributed by atoms with Crippen molar-refractivity contribution in [2.75, 3.05) is 13.2 Å². The predicted octanol–water partition coefficient (Wildman–Crippen LogP) is 3.47. The molecular formula is C13H20BrNO. The molecule has 0 aliphatic rings. The topological polar surface area (TPSA) is 35.2 Å². The van der Waals surface area contributed by atoms with E-state index in [2.05, 4.69) is 41.9 Å². The average Bonchev–Trinajstić information content (AvgIpc) is 2.21. The van der Waals surface area contributed by atoms with Crippen LogP contribution in [0.15, 0.2) is 22.7 Å². The van der Waals surface area contributed by atoms with E-state index in [-0.39, 0.29) is 5.41 Å². The lowest BCUT2D eigenvalue weighted by atomic mass is 9.82. The molecule has 0 bridgehead atoms. The van der Waals surface area contributed by atoms with E-state index in [1.807, 2.05) is 13.0 Å². The number of benzene rings is 1. The van der Waals surface area contributed by atoms with E-state index in [9.17, 15) is 0 Å². The highest BCUT2D eigenvalue weighted by Gasteiger charge is 2.20. The zero-order chi connectivity index (χ0) is 12.2. The summed E-state index contributed by atoms with van der Waals surface area (Å²) in [6.07, 6.45) is 0.980. The SMILES string of the molecule is CCOc1ccc(C(C)(C)CCN)cc1Br. The maximum absolute atomic E-state index is 5.63. The molecule has 0 aromatic heterocycles. The summed E-state index contributed by atoms with van der Waals surface area (Å²) in [5, 5.41) is 0. The summed E-state index contributed by atoms with van der Waals surface area (Å²) in [6.45, 7) is 7.80. The summed E-state index contributed by atoms with van der Waals surface area (Å²) in [6, 6.07) is 6.26. The molecule has 1 aromatic rings. The van der Waals surface area contributed by atoms with Gasteiger partial charge in [-0.2, -0.15) is 0 Å². The van der Waals surface area contributed by atoms with E-state index in [1.54, 1.807) is 0 Å². The molecule has 2 nitrogen and oxygen atoms in total. The maximum Gasteiger partial charge on any atom is 0.133 e. The Morgan fingerprint density at radius 1 is 1.38 bits per heavy atom. The van der Waals surface area contributed by atoms with Crippen LogP contribution in [0.2, 0.25) is 0 Å². The van der Waals surface area contributed by atoms with Crippen LogP contribution in [0.4, 0.5) is 0 Å². The molecule has 0 heterocycles. The van der Waals surface area contributed by atoms with E-state index >= 15 is 0 Å². The van der Waals surface area contributed by atoms with E-state index < -0.39 is 0 Å². The van der Waals surface area contributed by atoms with Crippen molar-refractivity contribution in [2.24, 2.45) is 5.73 Å². The van der Waals surface area contributed by atoms with E-state index in [0.717, 1.165) is 16.6 Å². The number of hydrogen-bond acceptors (Lipinski definition) is 2. The number of ether oxygens (including phenoxy) is 1. The van der Waals surface area contributed by atoms with Gasteiger partial charge in [0.15, 0.2) is 0 Å². The lowest BCUT2D eigenvalue weighted by Crippen LogP contribution is -2.21. The highest BCUT2D eigenvalue weighted by molar-refractivity contribution is 9.10. The average molecular weight is 286 g/mol. The van der Waals surface area contributed by atoms with Crippen LogP contribution in [0.3, 0.4) is 0 Å². The van der Waals surface area contributed by atoms with Crippen molar-refractivity contribution in [1.29, 1.82) is 0 Å². The molecular weight excluding hydrogens is 266 g/mol. The van der Waals surface area contributed by atoms with Gasteiger partial charge >= 0.3 is 0 Å². The molecule has 1 rings (SSSR count). The smallest absolute Gasteiger partial charge is 0.133 e. The van der Waals surface area contributed by atoms with Gasteiger partial charge in [-0.25, -0.2) is 0 Å². The van der Waals surface area contributed by atoms with Crippen molar-refractivity contribution in [3.63, 3.8) is 0 Å². The molecule has 0 aliphatic carbocycles. The largest absolute Gasteiger partial charge is 0.493 e. The van der Waals surface area contributed by atoms with Gasteiger partial charge in [-0.1, -0.05) is 19.9 Å². The minimum atomic E-state index is 0.113. The van der Waals surface area contributed by atoms with Gasteiger partial charge in [-0.3, -0.25) is 0 Å². The van der Waals surface area contributed by atoms with Crippen LogP contribution < -0.4 is 10.5 Å². The third kappa shape index (κ3) is 3.22. The highest BCUT2D eigenvalue weighted by atomic mass is 79.9. The van der Waals surface area contributed by atoms with Gasteiger partial charge in [0.25, 0.3) is 0 Å². The molecule has 0 aliphatic heterocycles. The van der Waals surface area contributed by atoms with Gasteiger partial charge in [0.1, 0.15) is 5.75 Å². The molecule has 0 saturated carbocycles. The fraction of sp³-hybridized carbons (Fsp3) is 0.538. The van der Waals surface area contributed by atoms with Crippen LogP contribution in [-0.4, -0.2) is 13.2 Å². The molecule has 0 unspecified atom stereocenters. The van der Waals surface area contributed by atoms with Crippen LogP contribution in [-0.2, 0) is 5.41 Å². The Kier molecular flexibility index (Phi) is 4.81. The first-order valence-corrected chi connectivity index (χ1v) is 6.43. The number of rotatable bonds is 5. The van der Waals surface area contributed by atoms with Crippen molar-refractivity contribution >= 4 is 15.9 Å². The Labute approximate surface area is 106 Å². The van der Waals surface area contributed by atoms with Crippen LogP contribution >= 0.6 is 15.9 Å². The van der Waals surface area contributed by atoms with Crippen molar-refractivity contribution < 1.29 is 4.74 Å². The lowest BCUT2D eigenvalue weighted by molar-refractivity contribution is 0.337. The fourth-order valence-electron chi connectivity index (χ4n) is 1.70. The summed E-state index contributed by atoms with van der Waals surface area (Å²) in [4.78, 5) is 0. The fourth-order valence-corrected chi connectivity index (χ4v) is 2.19. The molecule has 90 valence electrons. The molecule has 1 aromatic carbocycles. The van der Waals surface area contributed by atoms with Crippen LogP contribution in [0, 0.1) is 0 Å². The number of nitrogens with two attached hydrogens (primary N) is 1. The van der Waals surface area contributed by atoms with Crippen LogP contribution in [0.25, 0.3) is 0 Å². The first-order chi connectivity index (χ1) is 7.51. The van der Waals surface area contributed by atoms with Gasteiger partial charge in [0.05, 0.1) is 11.1 Å². The molecule has 0 radical (unpaired) electrons. The number of hydrogen-bond donors (Lipinski definition) is 1. The van der Waals surface area contributed by atoms with E-state index in [1.165, 1.54) is 5.56 Å². The van der Waals surface area contributed by atoms with Crippen LogP contribution in [0.1, 0.15) is 32.8 Å². The van der Waals surface area contributed by atoms with E-state index in [0.29, 0.717) is 13.2 Å². The number of halogens is 1. The van der Waals surface area contributed by atoms with Gasteiger partial charge in [-0.05, 0) is 58.9 Å². The standard InChI is InChI=1S/C13H20BrNO/c1-4-16-12-6-5-10(9-11(12)14)13(2,3)7-8-15/h5-6,9H,4,7-8,15H2,1-3H3. The summed E-state index contributed by atoms with van der Waals surface area (Å²) in [7, 11) is 0. The maximum atomic E-state index is 5.63. The molecule has 16 heavy (non-hydrogen) atoms. The Morgan fingerprint density at radius 2 is 2.06 bits per heavy atom. The van der Waals surface area contributed by atoms with Gasteiger partial charge < -0.3 is 10.5 Å². The molecule has 0 spiro atoms. The Hall–Kier alpha value is -0.540. The van der Waals surface area contributed by atoms with Crippen molar-refractivity contribution in [3.8, 4) is 5.75 Å². The third-order valence-corrected chi connectivity index (χ3v) is 3.40. The monoisotopic (exact) mass is 285 g/mol. The predicted molar refractivity (Wildman–Crippen MR) is 72.0 cm³/mol.